The van der Waals surface area contributed by atoms with E-state index in [2.05, 4.69) is 11.6 Å². The lowest BCUT2D eigenvalue weighted by atomic mass is 10.3. The third-order valence-corrected chi connectivity index (χ3v) is 2.30. The number of furan rings is 1. The SMILES string of the molecule is CSCCNCC(O)c1ccco1. The van der Waals surface area contributed by atoms with Crippen LogP contribution in [-0.4, -0.2) is 30.2 Å². The van der Waals surface area contributed by atoms with Crippen molar-refractivity contribution in [3.63, 3.8) is 0 Å². The highest BCUT2D eigenvalue weighted by Crippen LogP contribution is 2.11. The maximum Gasteiger partial charge on any atom is 0.133 e. The molecule has 0 saturated heterocycles. The summed E-state index contributed by atoms with van der Waals surface area (Å²) in [6.45, 7) is 1.47. The minimum Gasteiger partial charge on any atom is -0.467 e. The van der Waals surface area contributed by atoms with Gasteiger partial charge in [0.05, 0.1) is 6.26 Å². The van der Waals surface area contributed by atoms with Crippen molar-refractivity contribution in [2.75, 3.05) is 25.1 Å². The molecule has 3 nitrogen and oxygen atoms in total. The van der Waals surface area contributed by atoms with Crippen LogP contribution in [0.25, 0.3) is 0 Å². The lowest BCUT2D eigenvalue weighted by molar-refractivity contribution is 0.148. The van der Waals surface area contributed by atoms with Crippen LogP contribution in [-0.2, 0) is 0 Å². The van der Waals surface area contributed by atoms with Crippen molar-refractivity contribution >= 4 is 11.8 Å². The monoisotopic (exact) mass is 201 g/mol. The summed E-state index contributed by atoms with van der Waals surface area (Å²) in [5.41, 5.74) is 0. The molecule has 1 unspecified atom stereocenters. The Morgan fingerprint density at radius 2 is 2.54 bits per heavy atom. The second-order valence-corrected chi connectivity index (χ2v) is 3.71. The van der Waals surface area contributed by atoms with Crippen molar-refractivity contribution in [2.24, 2.45) is 0 Å². The number of nitrogens with one attached hydrogen (secondary N) is 1. The number of aliphatic hydroxyl groups excluding tert-OH is 1. The van der Waals surface area contributed by atoms with Crippen molar-refractivity contribution in [3.05, 3.63) is 24.2 Å². The van der Waals surface area contributed by atoms with Crippen molar-refractivity contribution in [1.29, 1.82) is 0 Å². The van der Waals surface area contributed by atoms with Crippen LogP contribution in [0.5, 0.6) is 0 Å². The first-order valence-electron chi connectivity index (χ1n) is 4.25. The molecule has 0 aromatic carbocycles. The van der Waals surface area contributed by atoms with Gasteiger partial charge in [-0.15, -0.1) is 0 Å². The number of rotatable bonds is 6. The number of aliphatic hydroxyl groups is 1. The van der Waals surface area contributed by atoms with E-state index in [1.165, 1.54) is 0 Å². The van der Waals surface area contributed by atoms with Crippen molar-refractivity contribution in [3.8, 4) is 0 Å². The first kappa shape index (κ1) is 10.6. The maximum absolute atomic E-state index is 9.55. The smallest absolute Gasteiger partial charge is 0.133 e. The predicted octanol–water partition coefficient (Wildman–Crippen LogP) is 1.27. The van der Waals surface area contributed by atoms with E-state index in [9.17, 15) is 5.11 Å². The average Bonchev–Trinajstić information content (AvgIpc) is 2.65. The van der Waals surface area contributed by atoms with Gasteiger partial charge < -0.3 is 14.8 Å². The molecule has 1 heterocycles. The predicted molar refractivity (Wildman–Crippen MR) is 54.9 cm³/mol. The molecule has 1 rings (SSSR count). The molecule has 0 aliphatic carbocycles. The number of hydrogen-bond acceptors (Lipinski definition) is 4. The Bertz CT molecular complexity index is 213. The van der Waals surface area contributed by atoms with Crippen molar-refractivity contribution < 1.29 is 9.52 Å². The second kappa shape index (κ2) is 6.07. The highest BCUT2D eigenvalue weighted by Gasteiger charge is 2.08. The van der Waals surface area contributed by atoms with Crippen LogP contribution in [0.1, 0.15) is 11.9 Å². The summed E-state index contributed by atoms with van der Waals surface area (Å²) in [4.78, 5) is 0. The van der Waals surface area contributed by atoms with E-state index in [0.29, 0.717) is 12.3 Å². The molecule has 0 saturated carbocycles. The van der Waals surface area contributed by atoms with Gasteiger partial charge in [-0.1, -0.05) is 0 Å². The van der Waals surface area contributed by atoms with Crippen molar-refractivity contribution in [1.82, 2.24) is 5.32 Å². The Morgan fingerprint density at radius 1 is 1.69 bits per heavy atom. The summed E-state index contributed by atoms with van der Waals surface area (Å²) >= 11 is 1.78. The zero-order valence-electron chi connectivity index (χ0n) is 7.69. The topological polar surface area (TPSA) is 45.4 Å². The van der Waals surface area contributed by atoms with Gasteiger partial charge in [0, 0.05) is 18.8 Å². The molecule has 0 amide bonds. The first-order valence-corrected chi connectivity index (χ1v) is 5.65. The minimum absolute atomic E-state index is 0.531. The Morgan fingerprint density at radius 3 is 3.15 bits per heavy atom. The second-order valence-electron chi connectivity index (χ2n) is 2.73. The third kappa shape index (κ3) is 3.85. The molecule has 4 heteroatoms. The van der Waals surface area contributed by atoms with Crippen LogP contribution in [0.15, 0.2) is 22.8 Å². The molecule has 1 aromatic rings. The highest BCUT2D eigenvalue weighted by molar-refractivity contribution is 7.98. The standard InChI is InChI=1S/C9H15NO2S/c1-13-6-4-10-7-8(11)9-3-2-5-12-9/h2-3,5,8,10-11H,4,6-7H2,1H3. The van der Waals surface area contributed by atoms with Gasteiger partial charge >= 0.3 is 0 Å². The van der Waals surface area contributed by atoms with E-state index in [4.69, 9.17) is 4.42 Å². The molecule has 0 fully saturated rings. The van der Waals surface area contributed by atoms with E-state index < -0.39 is 6.10 Å². The third-order valence-electron chi connectivity index (χ3n) is 1.69. The van der Waals surface area contributed by atoms with Gasteiger partial charge in [-0.3, -0.25) is 0 Å². The largest absolute Gasteiger partial charge is 0.467 e. The van der Waals surface area contributed by atoms with Gasteiger partial charge in [-0.25, -0.2) is 0 Å². The minimum atomic E-state index is -0.531. The molecule has 0 aliphatic heterocycles. The van der Waals surface area contributed by atoms with E-state index in [-0.39, 0.29) is 0 Å². The molecule has 0 bridgehead atoms. The Hall–Kier alpha value is -0.450. The lowest BCUT2D eigenvalue weighted by Gasteiger charge is -2.08. The van der Waals surface area contributed by atoms with Gasteiger partial charge in [0.25, 0.3) is 0 Å². The molecular weight excluding hydrogens is 186 g/mol. The summed E-state index contributed by atoms with van der Waals surface area (Å²) < 4.78 is 5.06. The van der Waals surface area contributed by atoms with Gasteiger partial charge in [0.1, 0.15) is 11.9 Å². The molecule has 1 aromatic heterocycles. The molecule has 2 N–H and O–H groups in total. The summed E-state index contributed by atoms with van der Waals surface area (Å²) in [5, 5.41) is 12.7. The lowest BCUT2D eigenvalue weighted by Crippen LogP contribution is -2.23. The summed E-state index contributed by atoms with van der Waals surface area (Å²) in [6, 6.07) is 3.56. The number of hydrogen-bond donors (Lipinski definition) is 2. The van der Waals surface area contributed by atoms with E-state index in [1.807, 2.05) is 0 Å². The highest BCUT2D eigenvalue weighted by atomic mass is 32.2. The van der Waals surface area contributed by atoms with E-state index in [0.717, 1.165) is 12.3 Å². The van der Waals surface area contributed by atoms with Gasteiger partial charge in [0.2, 0.25) is 0 Å². The normalized spacial score (nSPS) is 13.1. The fourth-order valence-electron chi connectivity index (χ4n) is 0.994. The van der Waals surface area contributed by atoms with E-state index in [1.54, 1.807) is 30.2 Å². The Labute approximate surface area is 82.5 Å². The van der Waals surface area contributed by atoms with Gasteiger partial charge in [0.15, 0.2) is 0 Å². The van der Waals surface area contributed by atoms with Crippen LogP contribution < -0.4 is 5.32 Å². The van der Waals surface area contributed by atoms with Crippen LogP contribution in [0.4, 0.5) is 0 Å². The molecule has 0 spiro atoms. The van der Waals surface area contributed by atoms with Gasteiger partial charge in [-0.05, 0) is 18.4 Å². The Balaban J connectivity index is 2.15. The summed E-state index contributed by atoms with van der Waals surface area (Å²) in [5.74, 6) is 1.68. The Kier molecular flexibility index (Phi) is 4.97. The average molecular weight is 201 g/mol. The zero-order valence-corrected chi connectivity index (χ0v) is 8.51. The fraction of sp³-hybridized carbons (Fsp3) is 0.556. The fourth-order valence-corrected chi connectivity index (χ4v) is 1.34. The van der Waals surface area contributed by atoms with Crippen LogP contribution >= 0.6 is 11.8 Å². The molecule has 0 radical (unpaired) electrons. The van der Waals surface area contributed by atoms with Crippen LogP contribution in [0.3, 0.4) is 0 Å². The molecule has 13 heavy (non-hydrogen) atoms. The number of thioether (sulfide) groups is 1. The quantitative estimate of drug-likeness (QED) is 0.680. The molecule has 1 atom stereocenters. The molecular formula is C9H15NO2S. The van der Waals surface area contributed by atoms with Crippen LogP contribution in [0, 0.1) is 0 Å². The van der Waals surface area contributed by atoms with Gasteiger partial charge in [-0.2, -0.15) is 11.8 Å². The molecule has 0 aliphatic rings. The van der Waals surface area contributed by atoms with E-state index >= 15 is 0 Å². The zero-order chi connectivity index (χ0) is 9.52. The molecule has 74 valence electrons. The first-order chi connectivity index (χ1) is 6.34. The van der Waals surface area contributed by atoms with Crippen LogP contribution in [0.2, 0.25) is 0 Å². The summed E-state index contributed by atoms with van der Waals surface area (Å²) in [7, 11) is 0. The maximum atomic E-state index is 9.55. The van der Waals surface area contributed by atoms with Crippen molar-refractivity contribution in [2.45, 2.75) is 6.10 Å². The summed E-state index contributed by atoms with van der Waals surface area (Å²) in [6.07, 6.45) is 3.10.